The van der Waals surface area contributed by atoms with Crippen LogP contribution in [0.3, 0.4) is 0 Å². The Kier molecular flexibility index (Phi) is 3.12. The molecule has 2 N–H and O–H groups in total. The van der Waals surface area contributed by atoms with Crippen molar-refractivity contribution in [3.63, 3.8) is 0 Å². The average Bonchev–Trinajstić information content (AvgIpc) is 3.03. The van der Waals surface area contributed by atoms with Gasteiger partial charge in [0, 0.05) is 23.4 Å². The number of aromatic nitrogens is 1. The van der Waals surface area contributed by atoms with Gasteiger partial charge in [-0.15, -0.1) is 0 Å². The molecule has 3 nitrogen and oxygen atoms in total. The molecule has 1 aromatic heterocycles. The van der Waals surface area contributed by atoms with E-state index in [1.54, 1.807) is 18.2 Å². The zero-order chi connectivity index (χ0) is 14.3. The first kappa shape index (κ1) is 13.3. The van der Waals surface area contributed by atoms with Crippen LogP contribution in [0.1, 0.15) is 23.6 Å². The SMILES string of the molecule is COc1ccc2[nH]c(C(F)(F)F)c(C3CCNC3)c2c1. The molecule has 6 heteroatoms. The third-order valence-corrected chi connectivity index (χ3v) is 3.80. The fourth-order valence-corrected chi connectivity index (χ4v) is 2.87. The number of halogens is 3. The van der Waals surface area contributed by atoms with Gasteiger partial charge in [0.2, 0.25) is 0 Å². The standard InChI is InChI=1S/C14H15F3N2O/c1-20-9-2-3-11-10(6-9)12(8-4-5-18-7-8)13(19-11)14(15,16)17/h2-3,6,8,18-19H,4-5,7H2,1H3. The first-order valence-corrected chi connectivity index (χ1v) is 6.48. The number of hydrogen-bond acceptors (Lipinski definition) is 2. The largest absolute Gasteiger partial charge is 0.497 e. The zero-order valence-electron chi connectivity index (χ0n) is 11.0. The van der Waals surface area contributed by atoms with Gasteiger partial charge in [0.1, 0.15) is 11.4 Å². The molecule has 0 bridgehead atoms. The Morgan fingerprint density at radius 3 is 2.70 bits per heavy atom. The van der Waals surface area contributed by atoms with Crippen molar-refractivity contribution in [2.24, 2.45) is 0 Å². The van der Waals surface area contributed by atoms with Gasteiger partial charge < -0.3 is 15.0 Å². The Bertz CT molecular complexity index is 627. The van der Waals surface area contributed by atoms with Crippen LogP contribution in [0.15, 0.2) is 18.2 Å². The van der Waals surface area contributed by atoms with Crippen LogP contribution in [-0.2, 0) is 6.18 Å². The summed E-state index contributed by atoms with van der Waals surface area (Å²) in [5, 5.41) is 3.72. The van der Waals surface area contributed by atoms with Crippen molar-refractivity contribution in [3.8, 4) is 5.75 Å². The molecule has 0 radical (unpaired) electrons. The number of H-pyrrole nitrogens is 1. The van der Waals surface area contributed by atoms with Gasteiger partial charge in [0.15, 0.2) is 0 Å². The van der Waals surface area contributed by atoms with Crippen LogP contribution in [0.4, 0.5) is 13.2 Å². The topological polar surface area (TPSA) is 37.0 Å². The first-order valence-electron chi connectivity index (χ1n) is 6.48. The molecular weight excluding hydrogens is 269 g/mol. The molecule has 0 saturated carbocycles. The number of benzene rings is 1. The summed E-state index contributed by atoms with van der Waals surface area (Å²) in [4.78, 5) is 2.52. The first-order chi connectivity index (χ1) is 9.50. The van der Waals surface area contributed by atoms with E-state index in [0.29, 0.717) is 35.2 Å². The monoisotopic (exact) mass is 284 g/mol. The van der Waals surface area contributed by atoms with Gasteiger partial charge in [-0.3, -0.25) is 0 Å². The molecule has 108 valence electrons. The van der Waals surface area contributed by atoms with E-state index in [4.69, 9.17) is 4.74 Å². The third kappa shape index (κ3) is 2.14. The lowest BCUT2D eigenvalue weighted by molar-refractivity contribution is -0.141. The van der Waals surface area contributed by atoms with Gasteiger partial charge in [0.25, 0.3) is 0 Å². The number of aromatic amines is 1. The predicted octanol–water partition coefficient (Wildman–Crippen LogP) is 3.27. The minimum atomic E-state index is -4.37. The fourth-order valence-electron chi connectivity index (χ4n) is 2.87. The van der Waals surface area contributed by atoms with E-state index >= 15 is 0 Å². The Labute approximate surface area is 114 Å². The second-order valence-electron chi connectivity index (χ2n) is 5.01. The molecule has 0 aliphatic carbocycles. The van der Waals surface area contributed by atoms with Crippen LogP contribution < -0.4 is 10.1 Å². The summed E-state index contributed by atoms with van der Waals surface area (Å²) in [5.74, 6) is 0.449. The van der Waals surface area contributed by atoms with Gasteiger partial charge >= 0.3 is 6.18 Å². The number of alkyl halides is 3. The van der Waals surface area contributed by atoms with Crippen LogP contribution in [0.2, 0.25) is 0 Å². The number of nitrogens with one attached hydrogen (secondary N) is 2. The molecule has 2 heterocycles. The predicted molar refractivity (Wildman–Crippen MR) is 70.1 cm³/mol. The lowest BCUT2D eigenvalue weighted by Gasteiger charge is -2.13. The van der Waals surface area contributed by atoms with Crippen LogP contribution in [0.25, 0.3) is 10.9 Å². The summed E-state index contributed by atoms with van der Waals surface area (Å²) >= 11 is 0. The normalized spacial score (nSPS) is 19.7. The van der Waals surface area contributed by atoms with Crippen molar-refractivity contribution in [1.29, 1.82) is 0 Å². The molecule has 1 atom stereocenters. The molecule has 1 aliphatic rings. The van der Waals surface area contributed by atoms with E-state index in [2.05, 4.69) is 10.3 Å². The minimum absolute atomic E-state index is 0.118. The highest BCUT2D eigenvalue weighted by molar-refractivity contribution is 5.87. The smallest absolute Gasteiger partial charge is 0.431 e. The Balaban J connectivity index is 2.24. The van der Waals surface area contributed by atoms with Crippen LogP contribution in [0.5, 0.6) is 5.75 Å². The van der Waals surface area contributed by atoms with Crippen LogP contribution in [-0.4, -0.2) is 25.2 Å². The summed E-state index contributed by atoms with van der Waals surface area (Å²) in [6.45, 7) is 1.33. The van der Waals surface area contributed by atoms with Crippen molar-refractivity contribution in [1.82, 2.24) is 10.3 Å². The highest BCUT2D eigenvalue weighted by Gasteiger charge is 2.39. The van der Waals surface area contributed by atoms with Gasteiger partial charge in [-0.2, -0.15) is 13.2 Å². The second kappa shape index (κ2) is 4.70. The van der Waals surface area contributed by atoms with E-state index in [0.717, 1.165) is 6.54 Å². The van der Waals surface area contributed by atoms with Crippen molar-refractivity contribution in [2.45, 2.75) is 18.5 Å². The number of rotatable bonds is 2. The average molecular weight is 284 g/mol. The van der Waals surface area contributed by atoms with Gasteiger partial charge in [0.05, 0.1) is 7.11 Å². The maximum absolute atomic E-state index is 13.2. The molecule has 1 saturated heterocycles. The molecule has 1 aromatic carbocycles. The minimum Gasteiger partial charge on any atom is -0.497 e. The zero-order valence-corrected chi connectivity index (χ0v) is 11.0. The van der Waals surface area contributed by atoms with Crippen molar-refractivity contribution in [3.05, 3.63) is 29.5 Å². The summed E-state index contributed by atoms with van der Waals surface area (Å²) in [6, 6.07) is 4.97. The Morgan fingerprint density at radius 1 is 1.30 bits per heavy atom. The molecule has 20 heavy (non-hydrogen) atoms. The summed E-state index contributed by atoms with van der Waals surface area (Å²) in [7, 11) is 1.51. The van der Waals surface area contributed by atoms with Crippen molar-refractivity contribution >= 4 is 10.9 Å². The highest BCUT2D eigenvalue weighted by atomic mass is 19.4. The molecule has 1 aliphatic heterocycles. The summed E-state index contributed by atoms with van der Waals surface area (Å²) < 4.78 is 44.8. The number of hydrogen-bond donors (Lipinski definition) is 2. The number of methoxy groups -OCH3 is 1. The maximum Gasteiger partial charge on any atom is 0.431 e. The lowest BCUT2D eigenvalue weighted by Crippen LogP contribution is -2.13. The van der Waals surface area contributed by atoms with Crippen molar-refractivity contribution in [2.75, 3.05) is 20.2 Å². The Morgan fingerprint density at radius 2 is 2.10 bits per heavy atom. The van der Waals surface area contributed by atoms with E-state index in [9.17, 15) is 13.2 Å². The quantitative estimate of drug-likeness (QED) is 0.888. The van der Waals surface area contributed by atoms with Crippen LogP contribution >= 0.6 is 0 Å². The highest BCUT2D eigenvalue weighted by Crippen LogP contribution is 2.41. The fraction of sp³-hybridized carbons (Fsp3) is 0.429. The van der Waals surface area contributed by atoms with E-state index in [1.807, 2.05) is 0 Å². The van der Waals surface area contributed by atoms with E-state index in [-0.39, 0.29) is 5.92 Å². The maximum atomic E-state index is 13.2. The second-order valence-corrected chi connectivity index (χ2v) is 5.01. The molecule has 0 amide bonds. The number of ether oxygens (including phenoxy) is 1. The molecule has 1 unspecified atom stereocenters. The molecule has 0 spiro atoms. The molecule has 2 aromatic rings. The molecule has 1 fully saturated rings. The molecular formula is C14H15F3N2O. The summed E-state index contributed by atoms with van der Waals surface area (Å²) in [5.41, 5.74) is 0.228. The van der Waals surface area contributed by atoms with Crippen LogP contribution in [0, 0.1) is 0 Å². The van der Waals surface area contributed by atoms with E-state index in [1.165, 1.54) is 7.11 Å². The van der Waals surface area contributed by atoms with E-state index < -0.39 is 11.9 Å². The van der Waals surface area contributed by atoms with Gasteiger partial charge in [-0.25, -0.2) is 0 Å². The number of fused-ring (bicyclic) bond motifs is 1. The third-order valence-electron chi connectivity index (χ3n) is 3.80. The lowest BCUT2D eigenvalue weighted by atomic mass is 9.95. The molecule has 3 rings (SSSR count). The van der Waals surface area contributed by atoms with Gasteiger partial charge in [-0.1, -0.05) is 0 Å². The Hall–Kier alpha value is -1.69. The van der Waals surface area contributed by atoms with Gasteiger partial charge in [-0.05, 0) is 36.7 Å². The van der Waals surface area contributed by atoms with Crippen molar-refractivity contribution < 1.29 is 17.9 Å². The summed E-state index contributed by atoms with van der Waals surface area (Å²) in [6.07, 6.45) is -3.66.